The monoisotopic (exact) mass is 451 g/mol. The molecule has 1 aliphatic heterocycles. The molecule has 0 bridgehead atoms. The number of carbonyl (C=O) groups excluding carboxylic acids is 1. The first kappa shape index (κ1) is 22.2. The van der Waals surface area contributed by atoms with Crippen LogP contribution in [0.15, 0.2) is 42.5 Å². The zero-order valence-corrected chi connectivity index (χ0v) is 18.8. The largest absolute Gasteiger partial charge is 0.495 e. The van der Waals surface area contributed by atoms with Crippen LogP contribution in [0.4, 0.5) is 17.1 Å². The van der Waals surface area contributed by atoms with Gasteiger partial charge in [0.25, 0.3) is 0 Å². The number of anilines is 3. The average Bonchev–Trinajstić information content (AvgIpc) is 3.22. The Balaban J connectivity index is 1.82. The van der Waals surface area contributed by atoms with Gasteiger partial charge in [-0.3, -0.25) is 9.10 Å². The molecule has 1 aliphatic rings. The minimum Gasteiger partial charge on any atom is -0.495 e. The van der Waals surface area contributed by atoms with Crippen LogP contribution in [0, 0.1) is 0 Å². The maximum absolute atomic E-state index is 12.9. The molecule has 1 saturated heterocycles. The summed E-state index contributed by atoms with van der Waals surface area (Å²) in [6.07, 6.45) is 3.41. The lowest BCUT2D eigenvalue weighted by molar-refractivity contribution is -0.116. The average molecular weight is 452 g/mol. The second-order valence-corrected chi connectivity index (χ2v) is 9.58. The quantitative estimate of drug-likeness (QED) is 0.693. The van der Waals surface area contributed by atoms with Crippen molar-refractivity contribution in [1.82, 2.24) is 0 Å². The van der Waals surface area contributed by atoms with E-state index in [4.69, 9.17) is 16.3 Å². The molecule has 0 unspecified atom stereocenters. The molecular weight excluding hydrogens is 426 g/mol. The van der Waals surface area contributed by atoms with Gasteiger partial charge in [-0.05, 0) is 62.2 Å². The van der Waals surface area contributed by atoms with Gasteiger partial charge in [0.2, 0.25) is 15.9 Å². The lowest BCUT2D eigenvalue weighted by Gasteiger charge is -2.29. The van der Waals surface area contributed by atoms with E-state index in [1.807, 2.05) is 24.3 Å². The zero-order valence-electron chi connectivity index (χ0n) is 17.3. The molecule has 7 nitrogen and oxygen atoms in total. The van der Waals surface area contributed by atoms with E-state index in [0.717, 1.165) is 29.3 Å². The van der Waals surface area contributed by atoms with Gasteiger partial charge in [-0.1, -0.05) is 11.6 Å². The fourth-order valence-electron chi connectivity index (χ4n) is 3.59. The molecule has 1 atom stereocenters. The van der Waals surface area contributed by atoms with E-state index in [1.54, 1.807) is 12.1 Å². The highest BCUT2D eigenvalue weighted by Crippen LogP contribution is 2.34. The first-order valence-electron chi connectivity index (χ1n) is 9.69. The number of rotatable bonds is 7. The molecule has 0 spiro atoms. The van der Waals surface area contributed by atoms with Gasteiger partial charge in [0, 0.05) is 29.5 Å². The molecule has 162 valence electrons. The number of nitrogens with one attached hydrogen (secondary N) is 1. The van der Waals surface area contributed by atoms with Crippen molar-refractivity contribution in [2.75, 3.05) is 41.0 Å². The minimum absolute atomic E-state index is 0.208. The van der Waals surface area contributed by atoms with Gasteiger partial charge < -0.3 is 15.0 Å². The third-order valence-corrected chi connectivity index (χ3v) is 6.54. The minimum atomic E-state index is -3.79. The van der Waals surface area contributed by atoms with Crippen molar-refractivity contribution < 1.29 is 17.9 Å². The van der Waals surface area contributed by atoms with Crippen LogP contribution in [0.25, 0.3) is 0 Å². The molecule has 3 rings (SSSR count). The molecule has 1 fully saturated rings. The molecule has 30 heavy (non-hydrogen) atoms. The highest BCUT2D eigenvalue weighted by Gasteiger charge is 2.31. The van der Waals surface area contributed by atoms with Crippen LogP contribution in [0.5, 0.6) is 5.75 Å². The van der Waals surface area contributed by atoms with Crippen molar-refractivity contribution in [3.8, 4) is 5.75 Å². The molecule has 0 radical (unpaired) electrons. The van der Waals surface area contributed by atoms with Crippen molar-refractivity contribution in [2.24, 2.45) is 0 Å². The maximum Gasteiger partial charge on any atom is 0.247 e. The first-order chi connectivity index (χ1) is 14.2. The van der Waals surface area contributed by atoms with Crippen molar-refractivity contribution >= 4 is 44.6 Å². The fraction of sp³-hybridized carbons (Fsp3) is 0.381. The standard InChI is InChI=1S/C21H26ClN3O4S/c1-15(25(30(3,27)28)19-14-16(22)6-11-20(19)29-2)21(26)23-17-7-9-18(10-8-17)24-12-4-5-13-24/h6-11,14-15H,4-5,12-13H2,1-3H3,(H,23,26)/t15-/m1/s1. The van der Waals surface area contributed by atoms with Gasteiger partial charge in [-0.25, -0.2) is 8.42 Å². The van der Waals surface area contributed by atoms with Crippen molar-refractivity contribution in [3.63, 3.8) is 0 Å². The van der Waals surface area contributed by atoms with Crippen LogP contribution in [-0.4, -0.2) is 46.8 Å². The van der Waals surface area contributed by atoms with Gasteiger partial charge in [0.15, 0.2) is 0 Å². The normalized spacial score (nSPS) is 15.0. The molecule has 1 heterocycles. The number of hydrogen-bond donors (Lipinski definition) is 1. The summed E-state index contributed by atoms with van der Waals surface area (Å²) in [5.41, 5.74) is 1.92. The molecule has 0 saturated carbocycles. The smallest absolute Gasteiger partial charge is 0.247 e. The third kappa shape index (κ3) is 4.99. The number of hydrogen-bond acceptors (Lipinski definition) is 5. The van der Waals surface area contributed by atoms with Gasteiger partial charge in [-0.2, -0.15) is 0 Å². The van der Waals surface area contributed by atoms with Gasteiger partial charge in [0.05, 0.1) is 19.1 Å². The summed E-state index contributed by atoms with van der Waals surface area (Å²) in [5, 5.41) is 3.13. The number of nitrogens with zero attached hydrogens (tertiary/aromatic N) is 2. The summed E-state index contributed by atoms with van der Waals surface area (Å²) in [4.78, 5) is 15.2. The van der Waals surface area contributed by atoms with Crippen LogP contribution in [0.1, 0.15) is 19.8 Å². The van der Waals surface area contributed by atoms with Crippen molar-refractivity contribution in [3.05, 3.63) is 47.5 Å². The van der Waals surface area contributed by atoms with E-state index in [9.17, 15) is 13.2 Å². The number of ether oxygens (including phenoxy) is 1. The number of halogens is 1. The van der Waals surface area contributed by atoms with Crippen molar-refractivity contribution in [1.29, 1.82) is 0 Å². The molecule has 2 aromatic carbocycles. The molecule has 0 aliphatic carbocycles. The van der Waals surface area contributed by atoms with E-state index < -0.39 is 22.0 Å². The molecule has 0 aromatic heterocycles. The van der Waals surface area contributed by atoms with Gasteiger partial charge in [-0.15, -0.1) is 0 Å². The topological polar surface area (TPSA) is 79.0 Å². The van der Waals surface area contributed by atoms with Crippen molar-refractivity contribution in [2.45, 2.75) is 25.8 Å². The summed E-state index contributed by atoms with van der Waals surface area (Å²) < 4.78 is 31.4. The molecule has 9 heteroatoms. The zero-order chi connectivity index (χ0) is 21.9. The Bertz CT molecular complexity index is 1010. The van der Waals surface area contributed by atoms with Gasteiger partial charge >= 0.3 is 0 Å². The van der Waals surface area contributed by atoms with Crippen LogP contribution >= 0.6 is 11.6 Å². The molecule has 1 N–H and O–H groups in total. The summed E-state index contributed by atoms with van der Waals surface area (Å²) >= 11 is 6.07. The lowest BCUT2D eigenvalue weighted by Crippen LogP contribution is -2.45. The summed E-state index contributed by atoms with van der Waals surface area (Å²) in [7, 11) is -2.36. The summed E-state index contributed by atoms with van der Waals surface area (Å²) in [5.74, 6) is -0.157. The van der Waals surface area contributed by atoms with Crippen LogP contribution in [0.2, 0.25) is 5.02 Å². The Morgan fingerprint density at radius 1 is 1.17 bits per heavy atom. The third-order valence-electron chi connectivity index (χ3n) is 5.07. The predicted octanol–water partition coefficient (Wildman–Crippen LogP) is 3.74. The lowest BCUT2D eigenvalue weighted by atomic mass is 10.2. The van der Waals surface area contributed by atoms with Crippen LogP contribution in [0.3, 0.4) is 0 Å². The number of benzene rings is 2. The second-order valence-electron chi connectivity index (χ2n) is 7.28. The predicted molar refractivity (Wildman–Crippen MR) is 121 cm³/mol. The Hall–Kier alpha value is -2.45. The highest BCUT2D eigenvalue weighted by atomic mass is 35.5. The summed E-state index contributed by atoms with van der Waals surface area (Å²) in [6, 6.07) is 11.2. The number of amides is 1. The summed E-state index contributed by atoms with van der Waals surface area (Å²) in [6.45, 7) is 3.59. The van der Waals surface area contributed by atoms with E-state index in [0.29, 0.717) is 16.5 Å². The Labute approximate surface area is 182 Å². The van der Waals surface area contributed by atoms with Gasteiger partial charge in [0.1, 0.15) is 11.8 Å². The SMILES string of the molecule is COc1ccc(Cl)cc1N([C@H](C)C(=O)Nc1ccc(N2CCCC2)cc1)S(C)(=O)=O. The maximum atomic E-state index is 12.9. The Morgan fingerprint density at radius 3 is 2.37 bits per heavy atom. The Morgan fingerprint density at radius 2 is 1.80 bits per heavy atom. The molecule has 1 amide bonds. The fourth-order valence-corrected chi connectivity index (χ4v) is 4.93. The van der Waals surface area contributed by atoms with Crippen LogP contribution < -0.4 is 19.3 Å². The van der Waals surface area contributed by atoms with E-state index in [1.165, 1.54) is 32.9 Å². The second kappa shape index (κ2) is 9.14. The van der Waals surface area contributed by atoms with E-state index in [-0.39, 0.29) is 5.69 Å². The first-order valence-corrected chi connectivity index (χ1v) is 11.9. The molecular formula is C21H26ClN3O4S. The number of carbonyl (C=O) groups is 1. The van der Waals surface area contributed by atoms with E-state index >= 15 is 0 Å². The number of sulfonamides is 1. The molecule has 2 aromatic rings. The highest BCUT2D eigenvalue weighted by molar-refractivity contribution is 7.92. The van der Waals surface area contributed by atoms with E-state index in [2.05, 4.69) is 10.2 Å². The van der Waals surface area contributed by atoms with Crippen LogP contribution in [-0.2, 0) is 14.8 Å². The number of methoxy groups -OCH3 is 1. The Kier molecular flexibility index (Phi) is 6.77.